The number of nitrogens with one attached hydrogen (secondary N) is 1. The van der Waals surface area contributed by atoms with Gasteiger partial charge in [0.2, 0.25) is 0 Å². The van der Waals surface area contributed by atoms with Crippen molar-refractivity contribution in [1.82, 2.24) is 9.78 Å². The number of ether oxygens (including phenoxy) is 1. The summed E-state index contributed by atoms with van der Waals surface area (Å²) in [5.41, 5.74) is 3.57. The minimum absolute atomic E-state index is 0.112. The third-order valence-electron chi connectivity index (χ3n) is 4.28. The van der Waals surface area contributed by atoms with E-state index in [1.807, 2.05) is 43.3 Å². The Morgan fingerprint density at radius 1 is 1.15 bits per heavy atom. The first-order valence-corrected chi connectivity index (χ1v) is 9.20. The first-order valence-electron chi connectivity index (χ1n) is 8.83. The fourth-order valence-corrected chi connectivity index (χ4v) is 3.09. The number of benzene rings is 2. The van der Waals surface area contributed by atoms with Crippen LogP contribution in [-0.4, -0.2) is 22.6 Å². The lowest BCUT2D eigenvalue weighted by Gasteiger charge is -2.03. The summed E-state index contributed by atoms with van der Waals surface area (Å²) in [6.07, 6.45) is 1.69. The van der Waals surface area contributed by atoms with E-state index in [-0.39, 0.29) is 5.56 Å². The molecule has 0 amide bonds. The Kier molecular flexibility index (Phi) is 5.81. The van der Waals surface area contributed by atoms with Gasteiger partial charge < -0.3 is 4.74 Å². The molecule has 0 radical (unpaired) electrons. The monoisotopic (exact) mass is 383 g/mol. The normalized spacial score (nSPS) is 11.6. The van der Waals surface area contributed by atoms with Gasteiger partial charge >= 0.3 is 0 Å². The van der Waals surface area contributed by atoms with Crippen molar-refractivity contribution in [3.8, 4) is 11.4 Å². The van der Waals surface area contributed by atoms with Crippen molar-refractivity contribution in [2.24, 2.45) is 4.99 Å². The smallest absolute Gasteiger partial charge is 0.280 e. The topological polar surface area (TPSA) is 59.4 Å². The second-order valence-corrected chi connectivity index (χ2v) is 6.66. The lowest BCUT2D eigenvalue weighted by molar-refractivity contribution is 0.414. The number of rotatable bonds is 6. The molecule has 6 heteroatoms. The number of aromatic amines is 1. The van der Waals surface area contributed by atoms with Crippen LogP contribution in [0.2, 0.25) is 5.02 Å². The predicted molar refractivity (Wildman–Crippen MR) is 110 cm³/mol. The number of aryl methyl sites for hydroxylation is 1. The highest BCUT2D eigenvalue weighted by Crippen LogP contribution is 2.19. The van der Waals surface area contributed by atoms with Crippen LogP contribution in [0.15, 0.2) is 58.3 Å². The van der Waals surface area contributed by atoms with Crippen molar-refractivity contribution in [3.63, 3.8) is 0 Å². The third kappa shape index (κ3) is 4.14. The number of hydrogen-bond donors (Lipinski definition) is 1. The maximum absolute atomic E-state index is 13.1. The molecule has 0 saturated heterocycles. The second kappa shape index (κ2) is 8.27. The average Bonchev–Trinajstić information content (AvgIpc) is 3.00. The van der Waals surface area contributed by atoms with Gasteiger partial charge in [-0.15, -0.1) is 0 Å². The van der Waals surface area contributed by atoms with Gasteiger partial charge in [0.15, 0.2) is 0 Å². The molecule has 0 unspecified atom stereocenters. The van der Waals surface area contributed by atoms with Gasteiger partial charge in [0.1, 0.15) is 5.75 Å². The van der Waals surface area contributed by atoms with E-state index in [4.69, 9.17) is 16.3 Å². The van der Waals surface area contributed by atoms with Crippen LogP contribution < -0.4 is 10.3 Å². The van der Waals surface area contributed by atoms with Crippen LogP contribution in [0.3, 0.4) is 0 Å². The fourth-order valence-electron chi connectivity index (χ4n) is 2.96. The molecule has 0 atom stereocenters. The van der Waals surface area contributed by atoms with Crippen LogP contribution in [0.4, 0.5) is 5.69 Å². The molecule has 0 aliphatic rings. The highest BCUT2D eigenvalue weighted by Gasteiger charge is 2.17. The third-order valence-corrected chi connectivity index (χ3v) is 4.53. The minimum Gasteiger partial charge on any atom is -0.497 e. The Morgan fingerprint density at radius 2 is 1.81 bits per heavy atom. The summed E-state index contributed by atoms with van der Waals surface area (Å²) in [7, 11) is 1.61. The van der Waals surface area contributed by atoms with E-state index in [2.05, 4.69) is 17.0 Å². The molecule has 0 aliphatic carbocycles. The zero-order chi connectivity index (χ0) is 19.4. The van der Waals surface area contributed by atoms with Crippen molar-refractivity contribution in [1.29, 1.82) is 0 Å². The summed E-state index contributed by atoms with van der Waals surface area (Å²) in [4.78, 5) is 17.7. The maximum atomic E-state index is 13.1. The molecule has 27 heavy (non-hydrogen) atoms. The van der Waals surface area contributed by atoms with Gasteiger partial charge in [-0.05, 0) is 61.9 Å². The second-order valence-electron chi connectivity index (χ2n) is 6.23. The van der Waals surface area contributed by atoms with Gasteiger partial charge in [-0.1, -0.05) is 24.9 Å². The van der Waals surface area contributed by atoms with Crippen LogP contribution in [0.1, 0.15) is 31.5 Å². The molecule has 0 spiro atoms. The highest BCUT2D eigenvalue weighted by atomic mass is 35.5. The van der Waals surface area contributed by atoms with E-state index in [0.717, 1.165) is 35.7 Å². The molecular weight excluding hydrogens is 362 g/mol. The Hall–Kier alpha value is -2.79. The lowest BCUT2D eigenvalue weighted by Crippen LogP contribution is -2.19. The summed E-state index contributed by atoms with van der Waals surface area (Å²) in [6.45, 7) is 3.94. The van der Waals surface area contributed by atoms with Crippen molar-refractivity contribution >= 4 is 23.0 Å². The number of hydrogen-bond acceptors (Lipinski definition) is 3. The summed E-state index contributed by atoms with van der Waals surface area (Å²) in [6, 6.07) is 14.6. The molecule has 0 saturated carbocycles. The zero-order valence-corrected chi connectivity index (χ0v) is 16.4. The van der Waals surface area contributed by atoms with Gasteiger partial charge in [0.05, 0.1) is 29.8 Å². The van der Waals surface area contributed by atoms with E-state index < -0.39 is 0 Å². The van der Waals surface area contributed by atoms with Gasteiger partial charge in [0, 0.05) is 10.7 Å². The van der Waals surface area contributed by atoms with E-state index in [0.29, 0.717) is 16.3 Å². The molecule has 3 aromatic rings. The van der Waals surface area contributed by atoms with Crippen LogP contribution in [0.25, 0.3) is 5.69 Å². The first-order chi connectivity index (χ1) is 13.0. The Bertz CT molecular complexity index is 999. The predicted octanol–water partition coefficient (Wildman–Crippen LogP) is 4.92. The Labute approximate surface area is 163 Å². The quantitative estimate of drug-likeness (QED) is 0.614. The number of H-pyrrole nitrogens is 1. The van der Waals surface area contributed by atoms with E-state index in [1.165, 1.54) is 0 Å². The lowest BCUT2D eigenvalue weighted by atomic mass is 10.1. The van der Waals surface area contributed by atoms with Gasteiger partial charge in [-0.25, -0.2) is 4.68 Å². The van der Waals surface area contributed by atoms with Gasteiger partial charge in [0.25, 0.3) is 5.56 Å². The molecule has 1 N–H and O–H groups in total. The Morgan fingerprint density at radius 3 is 2.41 bits per heavy atom. The van der Waals surface area contributed by atoms with Crippen molar-refractivity contribution in [2.75, 3.05) is 7.11 Å². The molecule has 0 fully saturated rings. The Balaban J connectivity index is 2.06. The largest absolute Gasteiger partial charge is 0.497 e. The highest BCUT2D eigenvalue weighted by molar-refractivity contribution is 6.30. The van der Waals surface area contributed by atoms with E-state index in [9.17, 15) is 4.79 Å². The van der Waals surface area contributed by atoms with E-state index in [1.54, 1.807) is 23.9 Å². The zero-order valence-electron chi connectivity index (χ0n) is 15.6. The molecule has 5 nitrogen and oxygen atoms in total. The number of methoxy groups -OCH3 is 1. The molecule has 1 aromatic heterocycles. The standard InChI is InChI=1S/C21H22ClN3O2/c1-4-5-19-20(14(2)23-16-8-6-15(22)7-9-16)21(26)25(24-19)17-10-12-18(27-3)13-11-17/h6-13,24H,4-5H2,1-3H3. The summed E-state index contributed by atoms with van der Waals surface area (Å²) in [5.74, 6) is 0.743. The number of nitrogens with zero attached hydrogens (tertiary/aromatic N) is 2. The number of aliphatic imine (C=N–C) groups is 1. The molecule has 0 aliphatic heterocycles. The van der Waals surface area contributed by atoms with Crippen molar-refractivity contribution in [2.45, 2.75) is 26.7 Å². The molecular formula is C21H22ClN3O2. The van der Waals surface area contributed by atoms with Gasteiger partial charge in [-0.2, -0.15) is 0 Å². The SMILES string of the molecule is CCCc1[nH]n(-c2ccc(OC)cc2)c(=O)c1C(C)=Nc1ccc(Cl)cc1. The molecule has 3 rings (SSSR count). The van der Waals surface area contributed by atoms with Crippen LogP contribution in [0, 0.1) is 0 Å². The minimum atomic E-state index is -0.112. The van der Waals surface area contributed by atoms with Crippen molar-refractivity contribution < 1.29 is 4.74 Å². The summed E-state index contributed by atoms with van der Waals surface area (Å²) in [5, 5.41) is 3.90. The summed E-state index contributed by atoms with van der Waals surface area (Å²) < 4.78 is 6.75. The van der Waals surface area contributed by atoms with E-state index >= 15 is 0 Å². The molecule has 2 aromatic carbocycles. The fraction of sp³-hybridized carbons (Fsp3) is 0.238. The van der Waals surface area contributed by atoms with Crippen LogP contribution >= 0.6 is 11.6 Å². The maximum Gasteiger partial charge on any atom is 0.280 e. The van der Waals surface area contributed by atoms with Crippen molar-refractivity contribution in [3.05, 3.63) is 75.2 Å². The average molecular weight is 384 g/mol. The summed E-state index contributed by atoms with van der Waals surface area (Å²) >= 11 is 5.93. The number of halogens is 1. The molecule has 1 heterocycles. The molecule has 0 bridgehead atoms. The van der Waals surface area contributed by atoms with Crippen LogP contribution in [-0.2, 0) is 6.42 Å². The van der Waals surface area contributed by atoms with Gasteiger partial charge in [-0.3, -0.25) is 14.9 Å². The first kappa shape index (κ1) is 19.0. The molecule has 140 valence electrons. The van der Waals surface area contributed by atoms with Crippen LogP contribution in [0.5, 0.6) is 5.75 Å². The number of aromatic nitrogens is 2.